The minimum absolute atomic E-state index is 0.628. The molecule has 1 unspecified atom stereocenters. The van der Waals surface area contributed by atoms with Gasteiger partial charge >= 0.3 is 0 Å². The van der Waals surface area contributed by atoms with Crippen LogP contribution in [0.4, 0.5) is 0 Å². The van der Waals surface area contributed by atoms with E-state index in [0.29, 0.717) is 6.17 Å². The van der Waals surface area contributed by atoms with Crippen LogP contribution >= 0.6 is 0 Å². The molecule has 0 fully saturated rings. The fourth-order valence-corrected chi connectivity index (χ4v) is 2.74. The molecular weight excluding hydrogens is 220 g/mol. The summed E-state index contributed by atoms with van der Waals surface area (Å²) in [6.07, 6.45) is 15.9. The Balaban J connectivity index is 2.26. The second kappa shape index (κ2) is 9.29. The van der Waals surface area contributed by atoms with Crippen LogP contribution in [0.2, 0.25) is 0 Å². The molecule has 0 aromatic carbocycles. The van der Waals surface area contributed by atoms with Crippen LogP contribution in [0.1, 0.15) is 72.1 Å². The quantitative estimate of drug-likeness (QED) is 0.525. The van der Waals surface area contributed by atoms with E-state index in [-0.39, 0.29) is 0 Å². The number of nitrogens with zero attached hydrogens (tertiary/aromatic N) is 2. The summed E-state index contributed by atoms with van der Waals surface area (Å²) in [6, 6.07) is 0. The smallest absolute Gasteiger partial charge is 0.100 e. The van der Waals surface area contributed by atoms with E-state index >= 15 is 0 Å². The number of hydrogen-bond donors (Lipinski definition) is 0. The zero-order valence-corrected chi connectivity index (χ0v) is 12.7. The van der Waals surface area contributed by atoms with Gasteiger partial charge in [0.05, 0.1) is 0 Å². The lowest BCUT2D eigenvalue weighted by molar-refractivity contribution is 0.144. The van der Waals surface area contributed by atoms with Gasteiger partial charge in [-0.15, -0.1) is 0 Å². The van der Waals surface area contributed by atoms with Gasteiger partial charge in [0, 0.05) is 25.5 Å². The summed E-state index contributed by atoms with van der Waals surface area (Å²) < 4.78 is 0. The minimum atomic E-state index is 0.628. The maximum atomic E-state index is 2.54. The molecule has 106 valence electrons. The van der Waals surface area contributed by atoms with Gasteiger partial charge in [0.25, 0.3) is 0 Å². The molecule has 0 radical (unpaired) electrons. The molecule has 1 aliphatic heterocycles. The van der Waals surface area contributed by atoms with Crippen molar-refractivity contribution in [1.82, 2.24) is 9.80 Å². The lowest BCUT2D eigenvalue weighted by Crippen LogP contribution is -2.38. The molecule has 1 heterocycles. The van der Waals surface area contributed by atoms with Gasteiger partial charge in [-0.1, -0.05) is 52.9 Å². The first kappa shape index (κ1) is 15.4. The zero-order chi connectivity index (χ0) is 13.2. The first-order valence-corrected chi connectivity index (χ1v) is 8.03. The molecular formula is C16H32N2. The van der Waals surface area contributed by atoms with E-state index in [0.717, 1.165) is 0 Å². The second-order valence-electron chi connectivity index (χ2n) is 5.43. The van der Waals surface area contributed by atoms with Crippen LogP contribution in [0, 0.1) is 0 Å². The molecule has 0 saturated carbocycles. The molecule has 2 nitrogen and oxygen atoms in total. The molecule has 1 atom stereocenters. The van der Waals surface area contributed by atoms with Crippen molar-refractivity contribution in [1.29, 1.82) is 0 Å². The first-order valence-electron chi connectivity index (χ1n) is 8.03. The van der Waals surface area contributed by atoms with Crippen LogP contribution in [0.15, 0.2) is 12.4 Å². The molecule has 0 aliphatic carbocycles. The van der Waals surface area contributed by atoms with Crippen molar-refractivity contribution in [2.45, 2.75) is 78.3 Å². The van der Waals surface area contributed by atoms with Gasteiger partial charge in [-0.3, -0.25) is 0 Å². The molecule has 0 saturated heterocycles. The Morgan fingerprint density at radius 2 is 1.22 bits per heavy atom. The third-order valence-electron chi connectivity index (χ3n) is 3.87. The molecule has 0 amide bonds. The van der Waals surface area contributed by atoms with Crippen molar-refractivity contribution in [3.8, 4) is 0 Å². The van der Waals surface area contributed by atoms with Crippen LogP contribution in [-0.4, -0.2) is 29.1 Å². The average Bonchev–Trinajstić information content (AvgIpc) is 2.77. The molecule has 0 spiro atoms. The van der Waals surface area contributed by atoms with Crippen LogP contribution in [-0.2, 0) is 0 Å². The Labute approximate surface area is 114 Å². The summed E-state index contributed by atoms with van der Waals surface area (Å²) in [5.41, 5.74) is 0. The average molecular weight is 252 g/mol. The second-order valence-corrected chi connectivity index (χ2v) is 5.43. The Kier molecular flexibility index (Phi) is 7.95. The highest BCUT2D eigenvalue weighted by atomic mass is 15.4. The zero-order valence-electron chi connectivity index (χ0n) is 12.7. The van der Waals surface area contributed by atoms with E-state index in [4.69, 9.17) is 0 Å². The fourth-order valence-electron chi connectivity index (χ4n) is 2.74. The Morgan fingerprint density at radius 1 is 0.722 bits per heavy atom. The number of unbranched alkanes of at least 4 members (excludes halogenated alkanes) is 5. The molecule has 0 N–H and O–H groups in total. The summed E-state index contributed by atoms with van der Waals surface area (Å²) >= 11 is 0. The third-order valence-corrected chi connectivity index (χ3v) is 3.87. The molecule has 2 heteroatoms. The maximum Gasteiger partial charge on any atom is 0.100 e. The molecule has 1 aliphatic rings. The highest BCUT2D eigenvalue weighted by Gasteiger charge is 2.23. The molecule has 0 aromatic rings. The van der Waals surface area contributed by atoms with Crippen molar-refractivity contribution in [2.75, 3.05) is 13.1 Å². The molecule has 1 rings (SSSR count). The summed E-state index contributed by atoms with van der Waals surface area (Å²) in [5, 5.41) is 0. The lowest BCUT2D eigenvalue weighted by atomic mass is 10.2. The topological polar surface area (TPSA) is 6.48 Å². The highest BCUT2D eigenvalue weighted by molar-refractivity contribution is 4.96. The van der Waals surface area contributed by atoms with E-state index in [1.165, 1.54) is 64.5 Å². The monoisotopic (exact) mass is 252 g/mol. The summed E-state index contributed by atoms with van der Waals surface area (Å²) in [5.74, 6) is 0. The van der Waals surface area contributed by atoms with Crippen LogP contribution in [0.5, 0.6) is 0 Å². The van der Waals surface area contributed by atoms with Crippen LogP contribution < -0.4 is 0 Å². The number of rotatable bonds is 10. The number of hydrogen-bond acceptors (Lipinski definition) is 2. The van der Waals surface area contributed by atoms with E-state index in [2.05, 4.69) is 43.0 Å². The normalized spacial score (nSPS) is 18.9. The van der Waals surface area contributed by atoms with Gasteiger partial charge in [0.2, 0.25) is 0 Å². The minimum Gasteiger partial charge on any atom is -0.356 e. The van der Waals surface area contributed by atoms with E-state index in [9.17, 15) is 0 Å². The van der Waals surface area contributed by atoms with Crippen LogP contribution in [0.3, 0.4) is 0 Å². The first-order chi connectivity index (χ1) is 8.83. The van der Waals surface area contributed by atoms with Gasteiger partial charge in [-0.05, 0) is 19.3 Å². The Morgan fingerprint density at radius 3 is 1.72 bits per heavy atom. The third kappa shape index (κ3) is 4.91. The van der Waals surface area contributed by atoms with Crippen molar-refractivity contribution >= 4 is 0 Å². The standard InChI is InChI=1S/C16H32N2/c1-4-7-9-11-13-18-15-14-17(16(18)6-3)12-10-8-5-2/h14-16H,4-13H2,1-3H3. The van der Waals surface area contributed by atoms with Gasteiger partial charge in [-0.25, -0.2) is 0 Å². The lowest BCUT2D eigenvalue weighted by Gasteiger charge is -2.32. The Bertz CT molecular complexity index is 225. The molecule has 18 heavy (non-hydrogen) atoms. The summed E-state index contributed by atoms with van der Waals surface area (Å²) in [6.45, 7) is 9.33. The summed E-state index contributed by atoms with van der Waals surface area (Å²) in [4.78, 5) is 5.08. The van der Waals surface area contributed by atoms with Crippen LogP contribution in [0.25, 0.3) is 0 Å². The molecule has 0 aromatic heterocycles. The van der Waals surface area contributed by atoms with E-state index in [1.54, 1.807) is 0 Å². The van der Waals surface area contributed by atoms with Crippen molar-refractivity contribution in [3.05, 3.63) is 12.4 Å². The van der Waals surface area contributed by atoms with Crippen molar-refractivity contribution < 1.29 is 0 Å². The largest absolute Gasteiger partial charge is 0.356 e. The van der Waals surface area contributed by atoms with Gasteiger partial charge in [0.15, 0.2) is 0 Å². The van der Waals surface area contributed by atoms with Crippen molar-refractivity contribution in [2.24, 2.45) is 0 Å². The Hall–Kier alpha value is -0.660. The molecule has 0 bridgehead atoms. The van der Waals surface area contributed by atoms with Crippen molar-refractivity contribution in [3.63, 3.8) is 0 Å². The van der Waals surface area contributed by atoms with E-state index in [1.807, 2.05) is 0 Å². The summed E-state index contributed by atoms with van der Waals surface area (Å²) in [7, 11) is 0. The van der Waals surface area contributed by atoms with Gasteiger partial charge in [0.1, 0.15) is 6.17 Å². The van der Waals surface area contributed by atoms with Gasteiger partial charge < -0.3 is 9.80 Å². The highest BCUT2D eigenvalue weighted by Crippen LogP contribution is 2.20. The van der Waals surface area contributed by atoms with Gasteiger partial charge in [-0.2, -0.15) is 0 Å². The van der Waals surface area contributed by atoms with E-state index < -0.39 is 0 Å². The predicted octanol–water partition coefficient (Wildman–Crippen LogP) is 4.58. The fraction of sp³-hybridized carbons (Fsp3) is 0.875. The predicted molar refractivity (Wildman–Crippen MR) is 80.3 cm³/mol. The maximum absolute atomic E-state index is 2.54. The SMILES string of the molecule is CCCCCCN1C=CN(CCCCC)C1CC.